The predicted octanol–water partition coefficient (Wildman–Crippen LogP) is 6.76. The van der Waals surface area contributed by atoms with Crippen LogP contribution in [0.5, 0.6) is 0 Å². The number of rotatable bonds is 5. The average molecular weight is 562 g/mol. The van der Waals surface area contributed by atoms with Crippen LogP contribution in [0.15, 0.2) is 83.7 Å². The van der Waals surface area contributed by atoms with Gasteiger partial charge in [-0.15, -0.1) is 11.3 Å². The van der Waals surface area contributed by atoms with Crippen LogP contribution in [0.2, 0.25) is 0 Å². The fraction of sp³-hybridized carbons (Fsp3) is 0.257. The predicted molar refractivity (Wildman–Crippen MR) is 165 cm³/mol. The van der Waals surface area contributed by atoms with Crippen LogP contribution >= 0.6 is 11.3 Å². The van der Waals surface area contributed by atoms with Gasteiger partial charge in [-0.25, -0.2) is 4.79 Å². The number of nitrogens with zero attached hydrogens (tertiary/aromatic N) is 1. The van der Waals surface area contributed by atoms with Gasteiger partial charge in [0, 0.05) is 27.9 Å². The van der Waals surface area contributed by atoms with Gasteiger partial charge in [0.1, 0.15) is 0 Å². The molecule has 0 saturated carbocycles. The van der Waals surface area contributed by atoms with Crippen molar-refractivity contribution in [2.24, 2.45) is 0 Å². The van der Waals surface area contributed by atoms with E-state index in [1.54, 1.807) is 18.3 Å². The Labute approximate surface area is 243 Å². The zero-order valence-corrected chi connectivity index (χ0v) is 24.1. The van der Waals surface area contributed by atoms with Gasteiger partial charge >= 0.3 is 5.97 Å². The van der Waals surface area contributed by atoms with E-state index < -0.39 is 11.5 Å². The number of ether oxygens (including phenoxy) is 2. The third-order valence-corrected chi connectivity index (χ3v) is 9.87. The molecule has 6 heteroatoms. The van der Waals surface area contributed by atoms with Crippen LogP contribution < -0.4 is 5.43 Å². The van der Waals surface area contributed by atoms with Crippen molar-refractivity contribution in [1.29, 1.82) is 0 Å². The van der Waals surface area contributed by atoms with E-state index in [4.69, 9.17) is 9.47 Å². The van der Waals surface area contributed by atoms with Gasteiger partial charge in [-0.05, 0) is 77.9 Å². The molecule has 5 aromatic rings. The molecule has 7 rings (SSSR count). The van der Waals surface area contributed by atoms with Crippen molar-refractivity contribution in [3.8, 4) is 11.1 Å². The van der Waals surface area contributed by atoms with Gasteiger partial charge in [-0.3, -0.25) is 9.69 Å². The Bertz CT molecular complexity index is 1890. The molecule has 1 unspecified atom stereocenters. The standard InChI is InChI=1S/C35H31NO4S/c1-3-40-34(38)28-20-23(21-31-32(28)33(37)26-11-6-7-14-30(26)41-31)35(2,36-15-17-39-18-16-36)29-13-8-12-25-24-10-5-4-9-22(24)19-27(25)29/h4-14,20-21H,3,15-19H2,1-2H3. The van der Waals surface area contributed by atoms with E-state index in [1.807, 2.05) is 30.3 Å². The Hall–Kier alpha value is -3.84. The van der Waals surface area contributed by atoms with Gasteiger partial charge in [0.2, 0.25) is 0 Å². The maximum Gasteiger partial charge on any atom is 0.338 e. The summed E-state index contributed by atoms with van der Waals surface area (Å²) in [5.41, 5.74) is 7.01. The second kappa shape index (κ2) is 10.2. The van der Waals surface area contributed by atoms with Crippen molar-refractivity contribution in [2.45, 2.75) is 25.8 Å². The lowest BCUT2D eigenvalue weighted by Crippen LogP contribution is -2.50. The molecule has 0 spiro atoms. The highest BCUT2D eigenvalue weighted by Gasteiger charge is 2.40. The molecule has 1 aliphatic heterocycles. The molecule has 2 heterocycles. The zero-order valence-electron chi connectivity index (χ0n) is 23.2. The topological polar surface area (TPSA) is 55.8 Å². The van der Waals surface area contributed by atoms with Gasteiger partial charge in [-0.1, -0.05) is 54.6 Å². The fourth-order valence-corrected chi connectivity index (χ4v) is 7.85. The minimum atomic E-state index is -0.575. The van der Waals surface area contributed by atoms with Gasteiger partial charge in [0.15, 0.2) is 5.43 Å². The van der Waals surface area contributed by atoms with E-state index in [9.17, 15) is 9.59 Å². The summed E-state index contributed by atoms with van der Waals surface area (Å²) in [6, 6.07) is 26.9. The molecular formula is C35H31NO4S. The first-order valence-electron chi connectivity index (χ1n) is 14.2. The van der Waals surface area contributed by atoms with E-state index in [0.29, 0.717) is 29.5 Å². The molecule has 2 aliphatic rings. The Kier molecular flexibility index (Phi) is 6.50. The molecule has 1 aromatic heterocycles. The molecule has 41 heavy (non-hydrogen) atoms. The first-order valence-corrected chi connectivity index (χ1v) is 15.0. The first-order chi connectivity index (χ1) is 20.0. The summed E-state index contributed by atoms with van der Waals surface area (Å²) in [5.74, 6) is -0.464. The van der Waals surface area contributed by atoms with E-state index in [0.717, 1.165) is 34.5 Å². The molecule has 1 atom stereocenters. The summed E-state index contributed by atoms with van der Waals surface area (Å²) in [6.45, 7) is 7.09. The highest BCUT2D eigenvalue weighted by molar-refractivity contribution is 7.24. The number of hydrogen-bond acceptors (Lipinski definition) is 6. The van der Waals surface area contributed by atoms with Crippen LogP contribution in [-0.4, -0.2) is 43.8 Å². The molecule has 4 aromatic carbocycles. The Morgan fingerprint density at radius 3 is 2.54 bits per heavy atom. The van der Waals surface area contributed by atoms with Gasteiger partial charge in [0.25, 0.3) is 0 Å². The van der Waals surface area contributed by atoms with E-state index in [2.05, 4.69) is 60.4 Å². The van der Waals surface area contributed by atoms with Crippen LogP contribution in [0.1, 0.15) is 46.5 Å². The molecule has 0 N–H and O–H groups in total. The SMILES string of the molecule is CCOC(=O)c1cc(C(C)(c2cccc3c2Cc2ccccc2-3)N2CCOCC2)cc2sc3ccccc3c(=O)c12. The summed E-state index contributed by atoms with van der Waals surface area (Å²) in [6.07, 6.45) is 0.859. The highest BCUT2D eigenvalue weighted by atomic mass is 32.1. The van der Waals surface area contributed by atoms with Crippen LogP contribution in [0.25, 0.3) is 31.3 Å². The number of fused-ring (bicyclic) bond motifs is 5. The minimum Gasteiger partial charge on any atom is -0.462 e. The monoisotopic (exact) mass is 561 g/mol. The van der Waals surface area contributed by atoms with Crippen LogP contribution in [0, 0.1) is 0 Å². The second-order valence-electron chi connectivity index (χ2n) is 10.9. The summed E-state index contributed by atoms with van der Waals surface area (Å²) < 4.78 is 13.0. The Morgan fingerprint density at radius 2 is 1.71 bits per heavy atom. The van der Waals surface area contributed by atoms with Crippen molar-refractivity contribution in [1.82, 2.24) is 4.90 Å². The number of carbonyl (C=O) groups is 1. The molecule has 1 saturated heterocycles. The molecular weight excluding hydrogens is 530 g/mol. The van der Waals surface area contributed by atoms with Crippen LogP contribution in [-0.2, 0) is 21.4 Å². The summed E-state index contributed by atoms with van der Waals surface area (Å²) >= 11 is 1.55. The largest absolute Gasteiger partial charge is 0.462 e. The molecule has 0 bridgehead atoms. The molecule has 206 valence electrons. The van der Waals surface area contributed by atoms with Gasteiger partial charge < -0.3 is 9.47 Å². The molecule has 5 nitrogen and oxygen atoms in total. The van der Waals surface area contributed by atoms with E-state index in [1.165, 1.54) is 27.8 Å². The number of esters is 1. The third kappa shape index (κ3) is 4.12. The smallest absolute Gasteiger partial charge is 0.338 e. The zero-order chi connectivity index (χ0) is 28.1. The Morgan fingerprint density at radius 1 is 0.951 bits per heavy atom. The number of morpholine rings is 1. The third-order valence-electron chi connectivity index (χ3n) is 8.76. The maximum atomic E-state index is 13.8. The normalized spacial score (nSPS) is 16.3. The summed E-state index contributed by atoms with van der Waals surface area (Å²) in [5, 5.41) is 1.06. The molecule has 0 radical (unpaired) electrons. The van der Waals surface area contributed by atoms with Gasteiger partial charge in [-0.2, -0.15) is 0 Å². The second-order valence-corrected chi connectivity index (χ2v) is 12.0. The van der Waals surface area contributed by atoms with Crippen molar-refractivity contribution >= 4 is 37.5 Å². The Balaban J connectivity index is 1.53. The average Bonchev–Trinajstić information content (AvgIpc) is 3.40. The van der Waals surface area contributed by atoms with E-state index in [-0.39, 0.29) is 12.0 Å². The minimum absolute atomic E-state index is 0.131. The number of carbonyl (C=O) groups excluding carboxylic acids is 1. The molecule has 1 aliphatic carbocycles. The lowest BCUT2D eigenvalue weighted by molar-refractivity contribution is -0.00455. The number of hydrogen-bond donors (Lipinski definition) is 0. The van der Waals surface area contributed by atoms with Crippen molar-refractivity contribution < 1.29 is 14.3 Å². The van der Waals surface area contributed by atoms with Crippen molar-refractivity contribution in [3.05, 3.63) is 117 Å². The van der Waals surface area contributed by atoms with Crippen LogP contribution in [0.4, 0.5) is 0 Å². The molecule has 1 fully saturated rings. The van der Waals surface area contributed by atoms with Gasteiger partial charge in [0.05, 0.1) is 36.3 Å². The fourth-order valence-electron chi connectivity index (χ4n) is 6.71. The lowest BCUT2D eigenvalue weighted by atomic mass is 9.78. The lowest BCUT2D eigenvalue weighted by Gasteiger charge is -2.45. The quantitative estimate of drug-likeness (QED) is 0.172. The maximum absolute atomic E-state index is 13.8. The van der Waals surface area contributed by atoms with Crippen LogP contribution in [0.3, 0.4) is 0 Å². The number of benzene rings is 4. The summed E-state index contributed by atoms with van der Waals surface area (Å²) in [7, 11) is 0. The summed E-state index contributed by atoms with van der Waals surface area (Å²) in [4.78, 5) is 29.8. The van der Waals surface area contributed by atoms with E-state index >= 15 is 0 Å². The van der Waals surface area contributed by atoms with Crippen molar-refractivity contribution in [2.75, 3.05) is 32.9 Å². The highest BCUT2D eigenvalue weighted by Crippen LogP contribution is 2.46. The molecule has 0 amide bonds. The first kappa shape index (κ1) is 26.1. The van der Waals surface area contributed by atoms with Crippen molar-refractivity contribution in [3.63, 3.8) is 0 Å².